The zero-order valence-corrected chi connectivity index (χ0v) is 9.61. The van der Waals surface area contributed by atoms with Gasteiger partial charge in [-0.3, -0.25) is 4.79 Å². The quantitative estimate of drug-likeness (QED) is 0.739. The summed E-state index contributed by atoms with van der Waals surface area (Å²) in [7, 11) is 0. The number of carbonyl (C=O) groups is 1. The predicted molar refractivity (Wildman–Crippen MR) is 61.0 cm³/mol. The second-order valence-corrected chi connectivity index (χ2v) is 3.83. The van der Waals surface area contributed by atoms with Crippen LogP contribution in [-0.2, 0) is 11.2 Å². The van der Waals surface area contributed by atoms with E-state index in [1.807, 2.05) is 13.0 Å². The molecule has 90 valence electrons. The Balaban J connectivity index is 2.11. The van der Waals surface area contributed by atoms with Gasteiger partial charge in [-0.15, -0.1) is 0 Å². The van der Waals surface area contributed by atoms with E-state index in [4.69, 9.17) is 4.42 Å². The molecule has 0 bridgehead atoms. The van der Waals surface area contributed by atoms with Gasteiger partial charge in [-0.1, -0.05) is 13.3 Å². The summed E-state index contributed by atoms with van der Waals surface area (Å²) in [6, 6.07) is 3.65. The molecular formula is C12H19NO3. The number of nitrogens with one attached hydrogen (secondary N) is 1. The van der Waals surface area contributed by atoms with Crippen molar-refractivity contribution < 1.29 is 14.3 Å². The molecule has 0 fully saturated rings. The van der Waals surface area contributed by atoms with Crippen molar-refractivity contribution in [3.8, 4) is 0 Å². The van der Waals surface area contributed by atoms with Gasteiger partial charge in [-0.2, -0.15) is 0 Å². The average Bonchev–Trinajstić information content (AvgIpc) is 2.77. The van der Waals surface area contributed by atoms with Crippen molar-refractivity contribution in [1.29, 1.82) is 0 Å². The molecule has 0 spiro atoms. The molecule has 1 aromatic rings. The lowest BCUT2D eigenvalue weighted by Gasteiger charge is -2.10. The first-order valence-electron chi connectivity index (χ1n) is 5.69. The van der Waals surface area contributed by atoms with Crippen LogP contribution in [0.4, 0.5) is 0 Å². The third-order valence-electron chi connectivity index (χ3n) is 2.34. The first-order valence-corrected chi connectivity index (χ1v) is 5.69. The monoisotopic (exact) mass is 225 g/mol. The molecule has 4 nitrogen and oxygen atoms in total. The Morgan fingerprint density at radius 2 is 2.44 bits per heavy atom. The van der Waals surface area contributed by atoms with Crippen LogP contribution in [0.25, 0.3) is 0 Å². The lowest BCUT2D eigenvalue weighted by Crippen LogP contribution is -2.32. The van der Waals surface area contributed by atoms with Crippen LogP contribution in [0.2, 0.25) is 0 Å². The van der Waals surface area contributed by atoms with E-state index in [-0.39, 0.29) is 5.91 Å². The van der Waals surface area contributed by atoms with Gasteiger partial charge < -0.3 is 14.8 Å². The SMILES string of the molecule is CCCC(O)CNC(=O)CCc1ccco1. The van der Waals surface area contributed by atoms with Crippen molar-refractivity contribution in [2.75, 3.05) is 6.54 Å². The number of rotatable bonds is 7. The summed E-state index contributed by atoms with van der Waals surface area (Å²) in [5.74, 6) is 0.760. The molecular weight excluding hydrogens is 206 g/mol. The molecule has 0 aromatic carbocycles. The third kappa shape index (κ3) is 4.98. The topological polar surface area (TPSA) is 62.5 Å². The largest absolute Gasteiger partial charge is 0.469 e. The normalized spacial score (nSPS) is 12.4. The summed E-state index contributed by atoms with van der Waals surface area (Å²) in [4.78, 5) is 11.4. The minimum Gasteiger partial charge on any atom is -0.469 e. The molecule has 0 aliphatic carbocycles. The van der Waals surface area contributed by atoms with Gasteiger partial charge in [0.2, 0.25) is 5.91 Å². The predicted octanol–water partition coefficient (Wildman–Crippen LogP) is 1.49. The molecule has 1 unspecified atom stereocenters. The number of amides is 1. The number of aliphatic hydroxyl groups excluding tert-OH is 1. The van der Waals surface area contributed by atoms with Gasteiger partial charge in [0.05, 0.1) is 12.4 Å². The summed E-state index contributed by atoms with van der Waals surface area (Å²) in [6.45, 7) is 2.34. The summed E-state index contributed by atoms with van der Waals surface area (Å²) in [6.07, 6.45) is 3.80. The lowest BCUT2D eigenvalue weighted by molar-refractivity contribution is -0.121. The van der Waals surface area contributed by atoms with Crippen LogP contribution >= 0.6 is 0 Å². The molecule has 4 heteroatoms. The molecule has 0 aliphatic rings. The van der Waals surface area contributed by atoms with Gasteiger partial charge in [-0.05, 0) is 18.6 Å². The Morgan fingerprint density at radius 3 is 3.06 bits per heavy atom. The van der Waals surface area contributed by atoms with E-state index in [9.17, 15) is 9.90 Å². The van der Waals surface area contributed by atoms with Gasteiger partial charge >= 0.3 is 0 Å². The Hall–Kier alpha value is -1.29. The fraction of sp³-hybridized carbons (Fsp3) is 0.583. The van der Waals surface area contributed by atoms with E-state index in [1.54, 1.807) is 12.3 Å². The maximum Gasteiger partial charge on any atom is 0.220 e. The van der Waals surface area contributed by atoms with E-state index < -0.39 is 6.10 Å². The van der Waals surface area contributed by atoms with Crippen molar-refractivity contribution in [2.24, 2.45) is 0 Å². The minimum atomic E-state index is -0.433. The minimum absolute atomic E-state index is 0.0495. The van der Waals surface area contributed by atoms with E-state index in [1.165, 1.54) is 0 Å². The second kappa shape index (κ2) is 7.06. The van der Waals surface area contributed by atoms with Crippen molar-refractivity contribution in [1.82, 2.24) is 5.32 Å². The number of hydrogen-bond donors (Lipinski definition) is 2. The molecule has 1 amide bonds. The van der Waals surface area contributed by atoms with Gasteiger partial charge in [0.1, 0.15) is 5.76 Å². The highest BCUT2D eigenvalue weighted by molar-refractivity contribution is 5.76. The van der Waals surface area contributed by atoms with E-state index in [0.29, 0.717) is 19.4 Å². The Bertz CT molecular complexity index is 295. The molecule has 1 rings (SSSR count). The maximum absolute atomic E-state index is 11.4. The van der Waals surface area contributed by atoms with Crippen LogP contribution in [0.5, 0.6) is 0 Å². The van der Waals surface area contributed by atoms with E-state index in [0.717, 1.165) is 18.6 Å². The first kappa shape index (κ1) is 12.8. The molecule has 2 N–H and O–H groups in total. The number of aryl methyl sites for hydroxylation is 1. The molecule has 16 heavy (non-hydrogen) atoms. The van der Waals surface area contributed by atoms with Crippen molar-refractivity contribution >= 4 is 5.91 Å². The van der Waals surface area contributed by atoms with Crippen LogP contribution in [0.3, 0.4) is 0 Å². The number of carbonyl (C=O) groups excluding carboxylic acids is 1. The van der Waals surface area contributed by atoms with Crippen LogP contribution < -0.4 is 5.32 Å². The van der Waals surface area contributed by atoms with Crippen LogP contribution in [0, 0.1) is 0 Å². The first-order chi connectivity index (χ1) is 7.72. The number of hydrogen-bond acceptors (Lipinski definition) is 3. The second-order valence-electron chi connectivity index (χ2n) is 3.83. The maximum atomic E-state index is 11.4. The fourth-order valence-electron chi connectivity index (χ4n) is 1.45. The number of aliphatic hydroxyl groups is 1. The summed E-state index contributed by atoms with van der Waals surface area (Å²) >= 11 is 0. The summed E-state index contributed by atoms with van der Waals surface area (Å²) in [5, 5.41) is 12.1. The van der Waals surface area contributed by atoms with Crippen molar-refractivity contribution in [2.45, 2.75) is 38.7 Å². The standard InChI is InChI=1S/C12H19NO3/c1-2-4-10(14)9-13-12(15)7-6-11-5-3-8-16-11/h3,5,8,10,14H,2,4,6-7,9H2,1H3,(H,13,15). The molecule has 0 aliphatic heterocycles. The molecule has 0 radical (unpaired) electrons. The summed E-state index contributed by atoms with van der Waals surface area (Å²) in [5.41, 5.74) is 0. The van der Waals surface area contributed by atoms with Crippen LogP contribution in [0.1, 0.15) is 31.9 Å². The molecule has 1 aromatic heterocycles. The Kier molecular flexibility index (Phi) is 5.64. The molecule has 0 saturated carbocycles. The highest BCUT2D eigenvalue weighted by atomic mass is 16.3. The number of furan rings is 1. The highest BCUT2D eigenvalue weighted by Gasteiger charge is 2.06. The highest BCUT2D eigenvalue weighted by Crippen LogP contribution is 2.03. The van der Waals surface area contributed by atoms with Gasteiger partial charge in [-0.25, -0.2) is 0 Å². The van der Waals surface area contributed by atoms with Gasteiger partial charge in [0, 0.05) is 19.4 Å². The third-order valence-corrected chi connectivity index (χ3v) is 2.34. The van der Waals surface area contributed by atoms with Gasteiger partial charge in [0.25, 0.3) is 0 Å². The Labute approximate surface area is 95.7 Å². The van der Waals surface area contributed by atoms with Crippen LogP contribution in [0.15, 0.2) is 22.8 Å². The van der Waals surface area contributed by atoms with Crippen molar-refractivity contribution in [3.63, 3.8) is 0 Å². The molecule has 0 saturated heterocycles. The molecule has 1 atom stereocenters. The lowest BCUT2D eigenvalue weighted by atomic mass is 10.2. The summed E-state index contributed by atoms with van der Waals surface area (Å²) < 4.78 is 5.12. The van der Waals surface area contributed by atoms with Crippen molar-refractivity contribution in [3.05, 3.63) is 24.2 Å². The zero-order chi connectivity index (χ0) is 11.8. The Morgan fingerprint density at radius 1 is 1.62 bits per heavy atom. The molecule has 1 heterocycles. The average molecular weight is 225 g/mol. The van der Waals surface area contributed by atoms with Crippen LogP contribution in [-0.4, -0.2) is 23.7 Å². The van der Waals surface area contributed by atoms with Gasteiger partial charge in [0.15, 0.2) is 0 Å². The smallest absolute Gasteiger partial charge is 0.220 e. The van der Waals surface area contributed by atoms with E-state index >= 15 is 0 Å². The fourth-order valence-corrected chi connectivity index (χ4v) is 1.45. The zero-order valence-electron chi connectivity index (χ0n) is 9.61. The van der Waals surface area contributed by atoms with E-state index in [2.05, 4.69) is 5.32 Å².